The first-order valence-electron chi connectivity index (χ1n) is 9.38. The molecule has 0 aliphatic carbocycles. The number of halogens is 1. The first kappa shape index (κ1) is 18.3. The lowest BCUT2D eigenvalue weighted by Crippen LogP contribution is -2.06. The molecule has 140 valence electrons. The van der Waals surface area contributed by atoms with Crippen molar-refractivity contribution < 1.29 is 0 Å². The Morgan fingerprint density at radius 3 is 2.68 bits per heavy atom. The van der Waals surface area contributed by atoms with E-state index in [9.17, 15) is 5.26 Å². The number of hydrogen-bond acceptors (Lipinski definition) is 3. The Bertz CT molecular complexity index is 1150. The molecule has 0 aliphatic heterocycles. The van der Waals surface area contributed by atoms with E-state index in [0.29, 0.717) is 17.4 Å². The van der Waals surface area contributed by atoms with Crippen LogP contribution in [0.1, 0.15) is 36.8 Å². The molecule has 4 aromatic rings. The standard InChI is InChI=1S/C22H20ClN5/c1-2-3-6-21-26-19-5-4-13-25-22(19)27(21)15-16-7-9-17(10-8-16)28-18(14-24)11-12-20(28)23/h4-5,7-13H,2-3,6,15H2,1H3. The maximum Gasteiger partial charge on any atom is 0.160 e. The van der Waals surface area contributed by atoms with Crippen LogP contribution in [0.4, 0.5) is 0 Å². The first-order valence-corrected chi connectivity index (χ1v) is 9.76. The summed E-state index contributed by atoms with van der Waals surface area (Å²) in [5.74, 6) is 1.07. The zero-order valence-electron chi connectivity index (χ0n) is 15.6. The number of benzene rings is 1. The maximum absolute atomic E-state index is 9.27. The molecule has 0 saturated heterocycles. The van der Waals surface area contributed by atoms with Crippen molar-refractivity contribution in [3.8, 4) is 11.8 Å². The van der Waals surface area contributed by atoms with Crippen molar-refractivity contribution in [1.29, 1.82) is 5.26 Å². The van der Waals surface area contributed by atoms with E-state index in [-0.39, 0.29) is 0 Å². The summed E-state index contributed by atoms with van der Waals surface area (Å²) in [6.45, 7) is 2.89. The first-order chi connectivity index (χ1) is 13.7. The lowest BCUT2D eigenvalue weighted by Gasteiger charge is -2.11. The second-order valence-corrected chi connectivity index (χ2v) is 7.11. The lowest BCUT2D eigenvalue weighted by atomic mass is 10.2. The van der Waals surface area contributed by atoms with E-state index in [4.69, 9.17) is 16.6 Å². The summed E-state index contributed by atoms with van der Waals surface area (Å²) < 4.78 is 3.94. The van der Waals surface area contributed by atoms with Crippen LogP contribution in [-0.4, -0.2) is 19.1 Å². The van der Waals surface area contributed by atoms with Gasteiger partial charge in [-0.05, 0) is 48.4 Å². The molecule has 0 fully saturated rings. The van der Waals surface area contributed by atoms with Gasteiger partial charge in [0, 0.05) is 18.3 Å². The van der Waals surface area contributed by atoms with Crippen molar-refractivity contribution in [1.82, 2.24) is 19.1 Å². The van der Waals surface area contributed by atoms with Crippen LogP contribution >= 0.6 is 11.6 Å². The number of nitriles is 1. The number of aromatic nitrogens is 4. The molecule has 0 radical (unpaired) electrons. The Morgan fingerprint density at radius 2 is 1.93 bits per heavy atom. The molecule has 0 N–H and O–H groups in total. The Kier molecular flexibility index (Phi) is 5.14. The van der Waals surface area contributed by atoms with Gasteiger partial charge in [-0.3, -0.25) is 4.57 Å². The molecular formula is C22H20ClN5. The van der Waals surface area contributed by atoms with E-state index in [0.717, 1.165) is 47.5 Å². The molecule has 5 nitrogen and oxygen atoms in total. The molecule has 0 amide bonds. The predicted octanol–water partition coefficient (Wildman–Crippen LogP) is 5.14. The summed E-state index contributed by atoms with van der Waals surface area (Å²) in [6.07, 6.45) is 4.98. The molecule has 6 heteroatoms. The summed E-state index contributed by atoms with van der Waals surface area (Å²) in [6, 6.07) is 17.7. The number of pyridine rings is 1. The minimum Gasteiger partial charge on any atom is -0.308 e. The highest BCUT2D eigenvalue weighted by Crippen LogP contribution is 2.22. The van der Waals surface area contributed by atoms with Gasteiger partial charge in [-0.15, -0.1) is 0 Å². The van der Waals surface area contributed by atoms with Crippen LogP contribution in [-0.2, 0) is 13.0 Å². The number of fused-ring (bicyclic) bond motifs is 1. The van der Waals surface area contributed by atoms with Gasteiger partial charge in [0.2, 0.25) is 0 Å². The zero-order valence-corrected chi connectivity index (χ0v) is 16.4. The Balaban J connectivity index is 1.66. The molecule has 0 unspecified atom stereocenters. The smallest absolute Gasteiger partial charge is 0.160 e. The molecule has 0 atom stereocenters. The molecule has 1 aromatic carbocycles. The highest BCUT2D eigenvalue weighted by molar-refractivity contribution is 6.30. The third kappa shape index (κ3) is 3.39. The van der Waals surface area contributed by atoms with Crippen LogP contribution in [0.15, 0.2) is 54.7 Å². The lowest BCUT2D eigenvalue weighted by molar-refractivity contribution is 0.686. The fourth-order valence-electron chi connectivity index (χ4n) is 3.39. The monoisotopic (exact) mass is 389 g/mol. The summed E-state index contributed by atoms with van der Waals surface area (Å²) in [5, 5.41) is 9.80. The van der Waals surface area contributed by atoms with Gasteiger partial charge in [-0.25, -0.2) is 9.97 Å². The number of hydrogen-bond donors (Lipinski definition) is 0. The van der Waals surface area contributed by atoms with Crippen LogP contribution < -0.4 is 0 Å². The fourth-order valence-corrected chi connectivity index (χ4v) is 3.64. The zero-order chi connectivity index (χ0) is 19.5. The van der Waals surface area contributed by atoms with Crippen LogP contribution in [0.5, 0.6) is 0 Å². The van der Waals surface area contributed by atoms with E-state index < -0.39 is 0 Å². The van der Waals surface area contributed by atoms with Gasteiger partial charge in [-0.2, -0.15) is 5.26 Å². The van der Waals surface area contributed by atoms with Crippen molar-refractivity contribution in [2.24, 2.45) is 0 Å². The molecular weight excluding hydrogens is 370 g/mol. The van der Waals surface area contributed by atoms with Crippen LogP contribution in [0.3, 0.4) is 0 Å². The second kappa shape index (κ2) is 7.87. The fraction of sp³-hybridized carbons (Fsp3) is 0.227. The van der Waals surface area contributed by atoms with E-state index in [1.165, 1.54) is 0 Å². The number of rotatable bonds is 6. The highest BCUT2D eigenvalue weighted by Gasteiger charge is 2.12. The molecule has 0 spiro atoms. The van der Waals surface area contributed by atoms with Crippen molar-refractivity contribution in [3.63, 3.8) is 0 Å². The Morgan fingerprint density at radius 1 is 1.11 bits per heavy atom. The molecule has 28 heavy (non-hydrogen) atoms. The number of nitrogens with zero attached hydrogens (tertiary/aromatic N) is 5. The minimum atomic E-state index is 0.518. The van der Waals surface area contributed by atoms with E-state index >= 15 is 0 Å². The van der Waals surface area contributed by atoms with Crippen LogP contribution in [0, 0.1) is 11.3 Å². The van der Waals surface area contributed by atoms with Crippen LogP contribution in [0.2, 0.25) is 5.15 Å². The van der Waals surface area contributed by atoms with Crippen molar-refractivity contribution in [2.45, 2.75) is 32.7 Å². The average molecular weight is 390 g/mol. The van der Waals surface area contributed by atoms with Gasteiger partial charge in [0.1, 0.15) is 28.3 Å². The van der Waals surface area contributed by atoms with E-state index in [1.807, 2.05) is 30.5 Å². The maximum atomic E-state index is 9.27. The molecule has 4 rings (SSSR count). The number of unbranched alkanes of at least 4 members (excludes halogenated alkanes) is 1. The quantitative estimate of drug-likeness (QED) is 0.458. The molecule has 0 saturated carbocycles. The number of aryl methyl sites for hydroxylation is 1. The minimum absolute atomic E-state index is 0.518. The Hall–Kier alpha value is -3.10. The van der Waals surface area contributed by atoms with E-state index in [2.05, 4.69) is 34.7 Å². The topological polar surface area (TPSA) is 59.4 Å². The molecule has 3 aromatic heterocycles. The van der Waals surface area contributed by atoms with Gasteiger partial charge < -0.3 is 4.57 Å². The largest absolute Gasteiger partial charge is 0.308 e. The molecule has 0 aliphatic rings. The third-order valence-electron chi connectivity index (χ3n) is 4.82. The van der Waals surface area contributed by atoms with Gasteiger partial charge in [0.25, 0.3) is 0 Å². The molecule has 3 heterocycles. The molecule has 0 bridgehead atoms. The SMILES string of the molecule is CCCCc1nc2cccnc2n1Cc1ccc(-n2c(Cl)ccc2C#N)cc1. The van der Waals surface area contributed by atoms with Crippen molar-refractivity contribution in [2.75, 3.05) is 0 Å². The van der Waals surface area contributed by atoms with Crippen molar-refractivity contribution >= 4 is 22.8 Å². The second-order valence-electron chi connectivity index (χ2n) is 6.72. The normalized spacial score (nSPS) is 11.0. The number of imidazole rings is 1. The third-order valence-corrected chi connectivity index (χ3v) is 5.11. The van der Waals surface area contributed by atoms with Gasteiger partial charge in [-0.1, -0.05) is 37.1 Å². The summed E-state index contributed by atoms with van der Waals surface area (Å²) in [7, 11) is 0. The van der Waals surface area contributed by atoms with E-state index in [1.54, 1.807) is 16.7 Å². The van der Waals surface area contributed by atoms with Crippen molar-refractivity contribution in [3.05, 3.63) is 77.0 Å². The van der Waals surface area contributed by atoms with Gasteiger partial charge in [0.05, 0.1) is 6.54 Å². The van der Waals surface area contributed by atoms with Gasteiger partial charge in [0.15, 0.2) is 5.65 Å². The highest BCUT2D eigenvalue weighted by atomic mass is 35.5. The summed E-state index contributed by atoms with van der Waals surface area (Å²) >= 11 is 6.24. The summed E-state index contributed by atoms with van der Waals surface area (Å²) in [4.78, 5) is 9.32. The average Bonchev–Trinajstić information content (AvgIpc) is 3.27. The predicted molar refractivity (Wildman–Crippen MR) is 111 cm³/mol. The van der Waals surface area contributed by atoms with Crippen LogP contribution in [0.25, 0.3) is 16.9 Å². The Labute approximate surface area is 168 Å². The van der Waals surface area contributed by atoms with Gasteiger partial charge >= 0.3 is 0 Å². The summed E-state index contributed by atoms with van der Waals surface area (Å²) in [5.41, 5.74) is 4.38.